The zero-order valence-corrected chi connectivity index (χ0v) is 22.1. The topological polar surface area (TPSA) is 79.1 Å². The SMILES string of the molecule is CCOC(=O)C1=C(C)N=c2sc(=Cc3ccc(OC)c(I)c3)c(=O)n2C1c1ccc(OC)cc1. The van der Waals surface area contributed by atoms with Crippen molar-refractivity contribution in [3.8, 4) is 11.5 Å². The van der Waals surface area contributed by atoms with Crippen LogP contribution in [0.1, 0.15) is 31.0 Å². The van der Waals surface area contributed by atoms with E-state index in [9.17, 15) is 9.59 Å². The van der Waals surface area contributed by atoms with Gasteiger partial charge >= 0.3 is 5.97 Å². The number of allylic oxidation sites excluding steroid dienone is 1. The molecule has 9 heteroatoms. The molecule has 0 fully saturated rings. The van der Waals surface area contributed by atoms with E-state index in [4.69, 9.17) is 14.2 Å². The molecule has 3 aromatic rings. The maximum Gasteiger partial charge on any atom is 0.338 e. The van der Waals surface area contributed by atoms with Crippen LogP contribution in [0.5, 0.6) is 11.5 Å². The fourth-order valence-electron chi connectivity index (χ4n) is 3.82. The van der Waals surface area contributed by atoms with Gasteiger partial charge in [-0.15, -0.1) is 0 Å². The van der Waals surface area contributed by atoms with Crippen molar-refractivity contribution < 1.29 is 19.0 Å². The van der Waals surface area contributed by atoms with Crippen molar-refractivity contribution in [1.82, 2.24) is 4.57 Å². The number of rotatable bonds is 6. The number of esters is 1. The first-order chi connectivity index (χ1) is 16.4. The highest BCUT2D eigenvalue weighted by atomic mass is 127. The first kappa shape index (κ1) is 24.2. The van der Waals surface area contributed by atoms with Crippen molar-refractivity contribution in [2.45, 2.75) is 19.9 Å². The quantitative estimate of drug-likeness (QED) is 0.325. The van der Waals surface area contributed by atoms with Gasteiger partial charge in [0.15, 0.2) is 4.80 Å². The van der Waals surface area contributed by atoms with E-state index in [0.29, 0.717) is 26.4 Å². The second kappa shape index (κ2) is 10.1. The van der Waals surface area contributed by atoms with E-state index < -0.39 is 12.0 Å². The Bertz CT molecular complexity index is 1450. The molecular weight excluding hydrogens is 567 g/mol. The van der Waals surface area contributed by atoms with Gasteiger partial charge in [0, 0.05) is 0 Å². The number of nitrogens with zero attached hydrogens (tertiary/aromatic N) is 2. The summed E-state index contributed by atoms with van der Waals surface area (Å²) < 4.78 is 19.0. The third-order valence-electron chi connectivity index (χ3n) is 5.42. The highest BCUT2D eigenvalue weighted by Crippen LogP contribution is 2.31. The van der Waals surface area contributed by atoms with Gasteiger partial charge in [-0.25, -0.2) is 9.79 Å². The number of benzene rings is 2. The Morgan fingerprint density at radius 3 is 2.53 bits per heavy atom. The number of carbonyl (C=O) groups is 1. The second-order valence-corrected chi connectivity index (χ2v) is 9.64. The maximum absolute atomic E-state index is 13.6. The van der Waals surface area contributed by atoms with E-state index in [2.05, 4.69) is 27.6 Å². The van der Waals surface area contributed by atoms with Gasteiger partial charge in [-0.3, -0.25) is 9.36 Å². The molecule has 0 bridgehead atoms. The predicted molar refractivity (Wildman–Crippen MR) is 139 cm³/mol. The first-order valence-corrected chi connectivity index (χ1v) is 12.4. The van der Waals surface area contributed by atoms with Crippen LogP contribution in [0, 0.1) is 3.57 Å². The van der Waals surface area contributed by atoms with Crippen LogP contribution in [0.2, 0.25) is 0 Å². The smallest absolute Gasteiger partial charge is 0.338 e. The lowest BCUT2D eigenvalue weighted by atomic mass is 9.96. The molecule has 1 aromatic heterocycles. The molecule has 2 aromatic carbocycles. The number of halogens is 1. The Morgan fingerprint density at radius 2 is 1.91 bits per heavy atom. The van der Waals surface area contributed by atoms with Gasteiger partial charge < -0.3 is 14.2 Å². The number of aromatic nitrogens is 1. The van der Waals surface area contributed by atoms with Gasteiger partial charge in [-0.1, -0.05) is 29.5 Å². The summed E-state index contributed by atoms with van der Waals surface area (Å²) in [6.45, 7) is 3.75. The molecule has 7 nitrogen and oxygen atoms in total. The summed E-state index contributed by atoms with van der Waals surface area (Å²) in [5.74, 6) is 0.973. The molecule has 1 aliphatic rings. The number of carbonyl (C=O) groups excluding carboxylic acids is 1. The predicted octanol–water partition coefficient (Wildman–Crippen LogP) is 3.42. The molecule has 0 saturated heterocycles. The molecule has 1 unspecified atom stereocenters. The van der Waals surface area contributed by atoms with Crippen molar-refractivity contribution in [2.75, 3.05) is 20.8 Å². The van der Waals surface area contributed by atoms with E-state index in [1.807, 2.05) is 48.5 Å². The minimum Gasteiger partial charge on any atom is -0.497 e. The molecule has 0 radical (unpaired) electrons. The molecule has 1 atom stereocenters. The number of fused-ring (bicyclic) bond motifs is 1. The van der Waals surface area contributed by atoms with Crippen LogP contribution in [0.15, 0.2) is 63.5 Å². The van der Waals surface area contributed by atoms with Crippen LogP contribution in [0.25, 0.3) is 6.08 Å². The maximum atomic E-state index is 13.6. The molecule has 176 valence electrons. The molecule has 0 spiro atoms. The molecule has 0 amide bonds. The number of hydrogen-bond donors (Lipinski definition) is 0. The molecule has 1 aliphatic heterocycles. The van der Waals surface area contributed by atoms with E-state index in [-0.39, 0.29) is 12.2 Å². The minimum absolute atomic E-state index is 0.218. The number of methoxy groups -OCH3 is 2. The molecular formula is C25H23IN2O5S. The Balaban J connectivity index is 1.92. The minimum atomic E-state index is -0.653. The van der Waals surface area contributed by atoms with E-state index in [0.717, 1.165) is 20.4 Å². The number of hydrogen-bond acceptors (Lipinski definition) is 7. The largest absolute Gasteiger partial charge is 0.497 e. The van der Waals surface area contributed by atoms with Crippen molar-refractivity contribution in [1.29, 1.82) is 0 Å². The van der Waals surface area contributed by atoms with Crippen LogP contribution in [0.3, 0.4) is 0 Å². The highest BCUT2D eigenvalue weighted by Gasteiger charge is 2.33. The normalized spacial score (nSPS) is 15.6. The molecule has 4 rings (SSSR count). The zero-order chi connectivity index (χ0) is 24.4. The highest BCUT2D eigenvalue weighted by molar-refractivity contribution is 14.1. The van der Waals surface area contributed by atoms with Gasteiger partial charge in [0.05, 0.1) is 46.2 Å². The summed E-state index contributed by atoms with van der Waals surface area (Å²) in [5, 5.41) is 0. The first-order valence-electron chi connectivity index (χ1n) is 10.5. The monoisotopic (exact) mass is 590 g/mol. The van der Waals surface area contributed by atoms with Gasteiger partial charge in [0.1, 0.15) is 11.5 Å². The summed E-state index contributed by atoms with van der Waals surface area (Å²) >= 11 is 3.49. The van der Waals surface area contributed by atoms with Crippen molar-refractivity contribution >= 4 is 46.0 Å². The van der Waals surface area contributed by atoms with E-state index in [1.54, 1.807) is 32.6 Å². The molecule has 0 aliphatic carbocycles. The lowest BCUT2D eigenvalue weighted by molar-refractivity contribution is -0.139. The zero-order valence-electron chi connectivity index (χ0n) is 19.1. The van der Waals surface area contributed by atoms with Crippen LogP contribution in [0.4, 0.5) is 0 Å². The number of ether oxygens (including phenoxy) is 3. The standard InChI is InChI=1S/C25H23IN2O5S/c1-5-33-24(30)21-14(2)27-25-28(22(21)16-7-9-17(31-3)10-8-16)23(29)20(34-25)13-15-6-11-19(32-4)18(26)12-15/h6-13,22H,5H2,1-4H3. The van der Waals surface area contributed by atoms with Crippen molar-refractivity contribution in [2.24, 2.45) is 4.99 Å². The Kier molecular flexibility index (Phi) is 7.22. The summed E-state index contributed by atoms with van der Waals surface area (Å²) in [6, 6.07) is 12.4. The second-order valence-electron chi connectivity index (χ2n) is 7.47. The van der Waals surface area contributed by atoms with Gasteiger partial charge in [-0.05, 0) is 77.9 Å². The lowest BCUT2D eigenvalue weighted by Gasteiger charge is -2.24. The van der Waals surface area contributed by atoms with Gasteiger partial charge in [0.25, 0.3) is 5.56 Å². The average Bonchev–Trinajstić information content (AvgIpc) is 3.12. The summed E-state index contributed by atoms with van der Waals surface area (Å²) in [5.41, 5.74) is 2.31. The van der Waals surface area contributed by atoms with Gasteiger partial charge in [-0.2, -0.15) is 0 Å². The van der Waals surface area contributed by atoms with Gasteiger partial charge in [0.2, 0.25) is 0 Å². The van der Waals surface area contributed by atoms with Crippen LogP contribution in [-0.4, -0.2) is 31.4 Å². The third-order valence-corrected chi connectivity index (χ3v) is 7.25. The van der Waals surface area contributed by atoms with Crippen molar-refractivity contribution in [3.05, 3.63) is 88.1 Å². The fourth-order valence-corrected chi connectivity index (χ4v) is 5.62. The number of thiazole rings is 1. The van der Waals surface area contributed by atoms with Crippen LogP contribution >= 0.6 is 33.9 Å². The Hall–Kier alpha value is -2.92. The molecule has 0 N–H and O–H groups in total. The van der Waals surface area contributed by atoms with Crippen LogP contribution < -0.4 is 24.4 Å². The average molecular weight is 590 g/mol. The third kappa shape index (κ3) is 4.54. The Morgan fingerprint density at radius 1 is 1.18 bits per heavy atom. The summed E-state index contributed by atoms with van der Waals surface area (Å²) in [4.78, 5) is 31.7. The van der Waals surface area contributed by atoms with Crippen molar-refractivity contribution in [3.63, 3.8) is 0 Å². The summed E-state index contributed by atoms with van der Waals surface area (Å²) in [7, 11) is 3.21. The van der Waals surface area contributed by atoms with E-state index >= 15 is 0 Å². The fraction of sp³-hybridized carbons (Fsp3) is 0.240. The Labute approximate surface area is 214 Å². The summed E-state index contributed by atoms with van der Waals surface area (Å²) in [6.07, 6.45) is 1.83. The van der Waals surface area contributed by atoms with E-state index in [1.165, 1.54) is 11.3 Å². The lowest BCUT2D eigenvalue weighted by Crippen LogP contribution is -2.39. The molecule has 2 heterocycles. The molecule has 0 saturated carbocycles. The molecule has 34 heavy (non-hydrogen) atoms. The van der Waals surface area contributed by atoms with Crippen LogP contribution in [-0.2, 0) is 9.53 Å².